The lowest BCUT2D eigenvalue weighted by Gasteiger charge is -2.13. The van der Waals surface area contributed by atoms with E-state index in [9.17, 15) is 0 Å². The van der Waals surface area contributed by atoms with Crippen LogP contribution in [0.3, 0.4) is 0 Å². The fourth-order valence-electron chi connectivity index (χ4n) is 2.00. The third-order valence-electron chi connectivity index (χ3n) is 3.12. The molecule has 0 saturated heterocycles. The number of pyridine rings is 1. The SMILES string of the molecule is CN=C(NCCOc1ccccc1)NCc1cccnc1OC. The van der Waals surface area contributed by atoms with Crippen molar-refractivity contribution in [2.24, 2.45) is 4.99 Å². The average molecular weight is 314 g/mol. The average Bonchev–Trinajstić information content (AvgIpc) is 2.62. The monoisotopic (exact) mass is 314 g/mol. The molecule has 0 amide bonds. The van der Waals surface area contributed by atoms with Crippen LogP contribution in [0, 0.1) is 0 Å². The molecule has 6 heteroatoms. The molecule has 0 saturated carbocycles. The molecule has 2 N–H and O–H groups in total. The number of guanidine groups is 1. The summed E-state index contributed by atoms with van der Waals surface area (Å²) in [6.07, 6.45) is 1.70. The Kier molecular flexibility index (Phi) is 6.71. The largest absolute Gasteiger partial charge is 0.492 e. The number of aliphatic imine (C=N–C) groups is 1. The number of para-hydroxylation sites is 1. The summed E-state index contributed by atoms with van der Waals surface area (Å²) in [7, 11) is 3.34. The summed E-state index contributed by atoms with van der Waals surface area (Å²) >= 11 is 0. The zero-order chi connectivity index (χ0) is 16.3. The molecule has 1 aromatic heterocycles. The number of methoxy groups -OCH3 is 1. The molecule has 0 atom stereocenters. The first-order chi connectivity index (χ1) is 11.3. The Morgan fingerprint density at radius 2 is 1.96 bits per heavy atom. The summed E-state index contributed by atoms with van der Waals surface area (Å²) in [5, 5.41) is 6.42. The minimum absolute atomic E-state index is 0.556. The van der Waals surface area contributed by atoms with Crippen LogP contribution in [0.15, 0.2) is 53.7 Å². The molecule has 1 heterocycles. The number of nitrogens with one attached hydrogen (secondary N) is 2. The van der Waals surface area contributed by atoms with Crippen molar-refractivity contribution < 1.29 is 9.47 Å². The van der Waals surface area contributed by atoms with Gasteiger partial charge in [0.05, 0.1) is 13.7 Å². The minimum atomic E-state index is 0.556. The van der Waals surface area contributed by atoms with Gasteiger partial charge in [0.1, 0.15) is 12.4 Å². The van der Waals surface area contributed by atoms with Crippen LogP contribution in [-0.4, -0.2) is 38.3 Å². The Bertz CT molecular complexity index is 617. The van der Waals surface area contributed by atoms with Crippen molar-refractivity contribution in [3.8, 4) is 11.6 Å². The molecule has 2 aromatic rings. The number of benzene rings is 1. The minimum Gasteiger partial charge on any atom is -0.492 e. The molecule has 0 fully saturated rings. The standard InChI is InChI=1S/C17H22N4O2/c1-18-17(20-11-12-23-15-8-4-3-5-9-15)21-13-14-7-6-10-19-16(14)22-2/h3-10H,11-13H2,1-2H3,(H2,18,20,21). The van der Waals surface area contributed by atoms with Gasteiger partial charge in [0.2, 0.25) is 5.88 Å². The van der Waals surface area contributed by atoms with E-state index in [1.54, 1.807) is 20.4 Å². The Labute approximate surface area is 136 Å². The Balaban J connectivity index is 1.73. The van der Waals surface area contributed by atoms with Crippen molar-refractivity contribution in [1.29, 1.82) is 0 Å². The zero-order valence-corrected chi connectivity index (χ0v) is 13.5. The van der Waals surface area contributed by atoms with Gasteiger partial charge in [-0.3, -0.25) is 4.99 Å². The van der Waals surface area contributed by atoms with Gasteiger partial charge in [0.15, 0.2) is 5.96 Å². The van der Waals surface area contributed by atoms with E-state index >= 15 is 0 Å². The first-order valence-corrected chi connectivity index (χ1v) is 7.43. The highest BCUT2D eigenvalue weighted by Crippen LogP contribution is 2.12. The van der Waals surface area contributed by atoms with E-state index in [1.807, 2.05) is 42.5 Å². The van der Waals surface area contributed by atoms with Crippen LogP contribution < -0.4 is 20.1 Å². The molecule has 0 radical (unpaired) electrons. The highest BCUT2D eigenvalue weighted by atomic mass is 16.5. The number of hydrogen-bond donors (Lipinski definition) is 2. The lowest BCUT2D eigenvalue weighted by molar-refractivity contribution is 0.322. The fraction of sp³-hybridized carbons (Fsp3) is 0.294. The Morgan fingerprint density at radius 1 is 1.13 bits per heavy atom. The number of ether oxygens (including phenoxy) is 2. The molecule has 1 aromatic carbocycles. The molecule has 0 aliphatic carbocycles. The van der Waals surface area contributed by atoms with Gasteiger partial charge in [0.25, 0.3) is 0 Å². The van der Waals surface area contributed by atoms with Crippen molar-refractivity contribution in [2.75, 3.05) is 27.3 Å². The summed E-state index contributed by atoms with van der Waals surface area (Å²) < 4.78 is 10.9. The van der Waals surface area contributed by atoms with Crippen molar-refractivity contribution in [2.45, 2.75) is 6.54 Å². The Morgan fingerprint density at radius 3 is 2.70 bits per heavy atom. The number of nitrogens with zero attached hydrogens (tertiary/aromatic N) is 2. The van der Waals surface area contributed by atoms with Crippen molar-refractivity contribution in [1.82, 2.24) is 15.6 Å². The number of rotatable bonds is 7. The fourth-order valence-corrected chi connectivity index (χ4v) is 2.00. The van der Waals surface area contributed by atoms with Gasteiger partial charge in [0, 0.05) is 25.4 Å². The first-order valence-electron chi connectivity index (χ1n) is 7.43. The van der Waals surface area contributed by atoms with Crippen LogP contribution in [0.5, 0.6) is 11.6 Å². The molecule has 2 rings (SSSR count). The van der Waals surface area contributed by atoms with Crippen molar-refractivity contribution in [3.63, 3.8) is 0 Å². The summed E-state index contributed by atoms with van der Waals surface area (Å²) in [5.41, 5.74) is 0.971. The van der Waals surface area contributed by atoms with Gasteiger partial charge >= 0.3 is 0 Å². The third kappa shape index (κ3) is 5.50. The highest BCUT2D eigenvalue weighted by Gasteiger charge is 2.04. The predicted octanol–water partition coefficient (Wildman–Crippen LogP) is 1.83. The van der Waals surface area contributed by atoms with E-state index in [0.29, 0.717) is 31.5 Å². The van der Waals surface area contributed by atoms with Gasteiger partial charge in [-0.1, -0.05) is 24.3 Å². The normalized spacial score (nSPS) is 11.0. The first kappa shape index (κ1) is 16.6. The van der Waals surface area contributed by atoms with Crippen molar-refractivity contribution in [3.05, 3.63) is 54.2 Å². The Hall–Kier alpha value is -2.76. The van der Waals surface area contributed by atoms with E-state index in [1.165, 1.54) is 0 Å². The van der Waals surface area contributed by atoms with E-state index < -0.39 is 0 Å². The van der Waals surface area contributed by atoms with Crippen LogP contribution in [0.1, 0.15) is 5.56 Å². The smallest absolute Gasteiger partial charge is 0.218 e. The molecule has 23 heavy (non-hydrogen) atoms. The van der Waals surface area contributed by atoms with Gasteiger partial charge in [-0.15, -0.1) is 0 Å². The van der Waals surface area contributed by atoms with E-state index in [0.717, 1.165) is 11.3 Å². The lowest BCUT2D eigenvalue weighted by Crippen LogP contribution is -2.38. The molecular formula is C17H22N4O2. The molecule has 0 unspecified atom stereocenters. The molecule has 0 aliphatic rings. The molecule has 122 valence electrons. The number of hydrogen-bond acceptors (Lipinski definition) is 4. The zero-order valence-electron chi connectivity index (χ0n) is 13.5. The number of aromatic nitrogens is 1. The van der Waals surface area contributed by atoms with Crippen LogP contribution in [0.25, 0.3) is 0 Å². The topological polar surface area (TPSA) is 67.8 Å². The molecular weight excluding hydrogens is 292 g/mol. The van der Waals surface area contributed by atoms with Crippen LogP contribution in [0.2, 0.25) is 0 Å². The second-order valence-corrected chi connectivity index (χ2v) is 4.69. The lowest BCUT2D eigenvalue weighted by atomic mass is 10.3. The van der Waals surface area contributed by atoms with E-state index in [4.69, 9.17) is 9.47 Å². The quantitative estimate of drug-likeness (QED) is 0.464. The summed E-state index contributed by atoms with van der Waals surface area (Å²) in [5.74, 6) is 2.17. The van der Waals surface area contributed by atoms with Crippen LogP contribution >= 0.6 is 0 Å². The predicted molar refractivity (Wildman–Crippen MR) is 90.9 cm³/mol. The van der Waals surface area contributed by atoms with Gasteiger partial charge in [-0.25, -0.2) is 4.98 Å². The summed E-state index contributed by atoms with van der Waals surface area (Å²) in [6, 6.07) is 13.6. The maximum Gasteiger partial charge on any atom is 0.218 e. The summed E-state index contributed by atoms with van der Waals surface area (Å²) in [6.45, 7) is 1.79. The van der Waals surface area contributed by atoms with Gasteiger partial charge < -0.3 is 20.1 Å². The maximum absolute atomic E-state index is 5.62. The van der Waals surface area contributed by atoms with Crippen LogP contribution in [-0.2, 0) is 6.54 Å². The maximum atomic E-state index is 5.62. The third-order valence-corrected chi connectivity index (χ3v) is 3.12. The molecule has 0 bridgehead atoms. The highest BCUT2D eigenvalue weighted by molar-refractivity contribution is 5.79. The summed E-state index contributed by atoms with van der Waals surface area (Å²) in [4.78, 5) is 8.35. The van der Waals surface area contributed by atoms with Crippen molar-refractivity contribution >= 4 is 5.96 Å². The molecule has 0 aliphatic heterocycles. The second kappa shape index (κ2) is 9.30. The van der Waals surface area contributed by atoms with Gasteiger partial charge in [-0.05, 0) is 18.2 Å². The van der Waals surface area contributed by atoms with Crippen LogP contribution in [0.4, 0.5) is 0 Å². The van der Waals surface area contributed by atoms with Gasteiger partial charge in [-0.2, -0.15) is 0 Å². The second-order valence-electron chi connectivity index (χ2n) is 4.69. The molecule has 0 spiro atoms. The molecule has 6 nitrogen and oxygen atoms in total. The van der Waals surface area contributed by atoms with E-state index in [2.05, 4.69) is 20.6 Å². The van der Waals surface area contributed by atoms with E-state index in [-0.39, 0.29) is 0 Å².